The molecule has 1 aromatic rings. The Morgan fingerprint density at radius 3 is 2.62 bits per heavy atom. The van der Waals surface area contributed by atoms with Gasteiger partial charge in [-0.2, -0.15) is 0 Å². The first-order valence-corrected chi connectivity index (χ1v) is 9.79. The summed E-state index contributed by atoms with van der Waals surface area (Å²) in [5.74, 6) is 0.563. The Labute approximate surface area is 145 Å². The molecule has 1 aromatic heterocycles. The molecular formula is C18H24N2O3S. The molecule has 3 aliphatic rings. The maximum Gasteiger partial charge on any atom is 0.254 e. The molecule has 2 fully saturated rings. The van der Waals surface area contributed by atoms with Crippen molar-refractivity contribution in [1.82, 2.24) is 5.32 Å². The van der Waals surface area contributed by atoms with Crippen molar-refractivity contribution in [3.8, 4) is 0 Å². The number of amides is 2. The van der Waals surface area contributed by atoms with E-state index in [1.54, 1.807) is 0 Å². The number of carbonyl (C=O) groups excluding carboxylic acids is 2. The number of fused-ring (bicyclic) bond motifs is 1. The van der Waals surface area contributed by atoms with Crippen molar-refractivity contribution in [3.63, 3.8) is 0 Å². The molecule has 2 amide bonds. The zero-order chi connectivity index (χ0) is 16.8. The molecule has 24 heavy (non-hydrogen) atoms. The van der Waals surface area contributed by atoms with Crippen LogP contribution in [-0.2, 0) is 11.2 Å². The van der Waals surface area contributed by atoms with Crippen LogP contribution in [0.25, 0.3) is 0 Å². The number of thiophene rings is 1. The van der Waals surface area contributed by atoms with Gasteiger partial charge in [-0.05, 0) is 50.0 Å². The van der Waals surface area contributed by atoms with Gasteiger partial charge in [0.15, 0.2) is 0 Å². The molecule has 3 aliphatic carbocycles. The third-order valence-corrected chi connectivity index (χ3v) is 6.56. The van der Waals surface area contributed by atoms with E-state index in [2.05, 4.69) is 10.6 Å². The van der Waals surface area contributed by atoms with Gasteiger partial charge in [0, 0.05) is 23.3 Å². The van der Waals surface area contributed by atoms with E-state index >= 15 is 0 Å². The molecule has 6 heteroatoms. The molecule has 2 saturated carbocycles. The van der Waals surface area contributed by atoms with Crippen LogP contribution in [-0.4, -0.2) is 29.6 Å². The van der Waals surface area contributed by atoms with Crippen LogP contribution in [0, 0.1) is 11.8 Å². The van der Waals surface area contributed by atoms with E-state index in [9.17, 15) is 14.7 Å². The van der Waals surface area contributed by atoms with Gasteiger partial charge in [-0.25, -0.2) is 0 Å². The lowest BCUT2D eigenvalue weighted by Gasteiger charge is -2.25. The average molecular weight is 348 g/mol. The van der Waals surface area contributed by atoms with Crippen molar-refractivity contribution in [2.24, 2.45) is 11.8 Å². The molecule has 1 heterocycles. The second-order valence-electron chi connectivity index (χ2n) is 7.45. The van der Waals surface area contributed by atoms with Gasteiger partial charge in [0.05, 0.1) is 11.7 Å². The van der Waals surface area contributed by atoms with Crippen molar-refractivity contribution >= 4 is 28.2 Å². The van der Waals surface area contributed by atoms with Gasteiger partial charge >= 0.3 is 0 Å². The number of anilines is 1. The highest BCUT2D eigenvalue weighted by Gasteiger charge is 2.36. The summed E-state index contributed by atoms with van der Waals surface area (Å²) in [7, 11) is 0. The van der Waals surface area contributed by atoms with E-state index in [0.29, 0.717) is 29.4 Å². The van der Waals surface area contributed by atoms with Crippen LogP contribution in [0.4, 0.5) is 5.00 Å². The summed E-state index contributed by atoms with van der Waals surface area (Å²) < 4.78 is 0. The second-order valence-corrected chi connectivity index (χ2v) is 8.56. The summed E-state index contributed by atoms with van der Waals surface area (Å²) in [5.41, 5.74) is 1.54. The van der Waals surface area contributed by atoms with Crippen LogP contribution in [0.15, 0.2) is 0 Å². The first kappa shape index (κ1) is 16.1. The lowest BCUT2D eigenvalue weighted by Crippen LogP contribution is -2.30. The van der Waals surface area contributed by atoms with Crippen molar-refractivity contribution < 1.29 is 14.7 Å². The van der Waals surface area contributed by atoms with Gasteiger partial charge in [-0.15, -0.1) is 11.3 Å². The topological polar surface area (TPSA) is 78.4 Å². The van der Waals surface area contributed by atoms with Gasteiger partial charge in [0.1, 0.15) is 5.00 Å². The molecule has 130 valence electrons. The number of aliphatic hydroxyl groups excluding tert-OH is 1. The summed E-state index contributed by atoms with van der Waals surface area (Å²) in [6.07, 6.45) is 5.31. The van der Waals surface area contributed by atoms with Crippen LogP contribution >= 0.6 is 11.3 Å². The van der Waals surface area contributed by atoms with Crippen LogP contribution < -0.4 is 10.6 Å². The van der Waals surface area contributed by atoms with E-state index < -0.39 is 6.10 Å². The Morgan fingerprint density at radius 1 is 1.21 bits per heavy atom. The number of rotatable bonds is 5. The highest BCUT2D eigenvalue weighted by atomic mass is 32.1. The number of carbonyl (C=O) groups is 2. The summed E-state index contributed by atoms with van der Waals surface area (Å²) in [6, 6.07) is 0. The van der Waals surface area contributed by atoms with Gasteiger partial charge < -0.3 is 15.7 Å². The quantitative estimate of drug-likeness (QED) is 0.765. The summed E-state index contributed by atoms with van der Waals surface area (Å²) in [4.78, 5) is 26.1. The first-order valence-electron chi connectivity index (χ1n) is 8.97. The maximum absolute atomic E-state index is 12.8. The van der Waals surface area contributed by atoms with Crippen LogP contribution in [0.2, 0.25) is 0 Å². The Hall–Kier alpha value is -1.40. The van der Waals surface area contributed by atoms with Crippen molar-refractivity contribution in [1.29, 1.82) is 0 Å². The second kappa shape index (κ2) is 6.15. The minimum atomic E-state index is -0.422. The number of hydrogen-bond donors (Lipinski definition) is 3. The van der Waals surface area contributed by atoms with Crippen LogP contribution in [0.5, 0.6) is 0 Å². The monoisotopic (exact) mass is 348 g/mol. The molecule has 0 spiro atoms. The fraction of sp³-hybridized carbons (Fsp3) is 0.667. The SMILES string of the molecule is C[C@H]1c2c(sc(NC(=O)C3CC3)c2C(=O)NCC2CC2)CCC1O. The molecule has 0 radical (unpaired) electrons. The number of nitrogens with one attached hydrogen (secondary N) is 2. The smallest absolute Gasteiger partial charge is 0.254 e. The molecular weight excluding hydrogens is 324 g/mol. The van der Waals surface area contributed by atoms with E-state index in [1.807, 2.05) is 6.92 Å². The standard InChI is InChI=1S/C18H24N2O3S/c1-9-12(21)6-7-13-14(9)15(17(23)19-8-10-2-3-10)18(24-13)20-16(22)11-4-5-11/h9-12,21H,2-8H2,1H3,(H,19,23)(H,20,22)/t9-,12?/m1/s1. The van der Waals surface area contributed by atoms with E-state index in [0.717, 1.165) is 29.7 Å². The van der Waals surface area contributed by atoms with E-state index in [1.165, 1.54) is 24.2 Å². The molecule has 3 N–H and O–H groups in total. The fourth-order valence-corrected chi connectivity index (χ4v) is 4.72. The highest BCUT2D eigenvalue weighted by molar-refractivity contribution is 7.17. The van der Waals surface area contributed by atoms with E-state index in [4.69, 9.17) is 0 Å². The Balaban J connectivity index is 1.64. The minimum Gasteiger partial charge on any atom is -0.392 e. The van der Waals surface area contributed by atoms with Crippen molar-refractivity contribution in [2.75, 3.05) is 11.9 Å². The average Bonchev–Trinajstić information content (AvgIpc) is 3.45. The lowest BCUT2D eigenvalue weighted by molar-refractivity contribution is -0.117. The van der Waals surface area contributed by atoms with Crippen molar-refractivity contribution in [2.45, 2.75) is 57.5 Å². The number of aryl methyl sites for hydroxylation is 1. The molecule has 0 aromatic carbocycles. The molecule has 5 nitrogen and oxygen atoms in total. The summed E-state index contributed by atoms with van der Waals surface area (Å²) in [6.45, 7) is 2.68. The van der Waals surface area contributed by atoms with Crippen LogP contribution in [0.1, 0.15) is 65.7 Å². The number of hydrogen-bond acceptors (Lipinski definition) is 4. The van der Waals surface area contributed by atoms with Gasteiger partial charge in [-0.1, -0.05) is 6.92 Å². The van der Waals surface area contributed by atoms with Gasteiger partial charge in [0.2, 0.25) is 5.91 Å². The normalized spacial score (nSPS) is 25.9. The zero-order valence-electron chi connectivity index (χ0n) is 13.9. The third kappa shape index (κ3) is 3.09. The highest BCUT2D eigenvalue weighted by Crippen LogP contribution is 2.44. The fourth-order valence-electron chi connectivity index (χ4n) is 3.40. The van der Waals surface area contributed by atoms with Gasteiger partial charge in [0.25, 0.3) is 5.91 Å². The molecule has 1 unspecified atom stereocenters. The van der Waals surface area contributed by atoms with Crippen LogP contribution in [0.3, 0.4) is 0 Å². The number of aliphatic hydroxyl groups is 1. The predicted octanol–water partition coefficient (Wildman–Crippen LogP) is 2.65. The minimum absolute atomic E-state index is 0.0260. The van der Waals surface area contributed by atoms with Crippen molar-refractivity contribution in [3.05, 3.63) is 16.0 Å². The Kier molecular flexibility index (Phi) is 4.12. The molecule has 0 saturated heterocycles. The third-order valence-electron chi connectivity index (χ3n) is 5.38. The molecule has 2 atom stereocenters. The summed E-state index contributed by atoms with van der Waals surface area (Å²) in [5, 5.41) is 16.9. The zero-order valence-corrected chi connectivity index (χ0v) is 14.7. The maximum atomic E-state index is 12.8. The molecule has 0 aliphatic heterocycles. The Bertz CT molecular complexity index is 676. The lowest BCUT2D eigenvalue weighted by atomic mass is 9.84. The Morgan fingerprint density at radius 2 is 1.96 bits per heavy atom. The van der Waals surface area contributed by atoms with Gasteiger partial charge in [-0.3, -0.25) is 9.59 Å². The summed E-state index contributed by atoms with van der Waals surface area (Å²) >= 11 is 1.52. The largest absolute Gasteiger partial charge is 0.392 e. The van der Waals surface area contributed by atoms with E-state index in [-0.39, 0.29) is 23.7 Å². The predicted molar refractivity (Wildman–Crippen MR) is 93.5 cm³/mol. The molecule has 0 bridgehead atoms. The molecule has 4 rings (SSSR count). The first-order chi connectivity index (χ1) is 11.5.